The Balaban J connectivity index is 1.93. The molecule has 1 aliphatic rings. The SMILES string of the molecule is CN(Cc1ccco1)C(=O)CC1(C(=O)O)CCC1. The van der Waals surface area contributed by atoms with Crippen molar-refractivity contribution in [2.75, 3.05) is 7.05 Å². The van der Waals surface area contributed by atoms with Crippen LogP contribution in [0.1, 0.15) is 31.4 Å². The average Bonchev–Trinajstić information content (AvgIpc) is 2.75. The van der Waals surface area contributed by atoms with Crippen LogP contribution in [0, 0.1) is 5.41 Å². The van der Waals surface area contributed by atoms with Gasteiger partial charge in [0.2, 0.25) is 5.91 Å². The molecule has 1 N–H and O–H groups in total. The molecule has 2 rings (SSSR count). The highest BCUT2D eigenvalue weighted by atomic mass is 16.4. The molecule has 1 aliphatic carbocycles. The van der Waals surface area contributed by atoms with Crippen LogP contribution >= 0.6 is 0 Å². The van der Waals surface area contributed by atoms with E-state index in [4.69, 9.17) is 4.42 Å². The van der Waals surface area contributed by atoms with Gasteiger partial charge in [-0.3, -0.25) is 9.59 Å². The van der Waals surface area contributed by atoms with Gasteiger partial charge in [-0.15, -0.1) is 0 Å². The lowest BCUT2D eigenvalue weighted by molar-refractivity contribution is -0.159. The van der Waals surface area contributed by atoms with E-state index in [-0.39, 0.29) is 12.3 Å². The van der Waals surface area contributed by atoms with Gasteiger partial charge in [0.15, 0.2) is 0 Å². The molecule has 5 heteroatoms. The molecule has 1 heterocycles. The molecule has 0 saturated heterocycles. The maximum absolute atomic E-state index is 12.0. The number of rotatable bonds is 5. The summed E-state index contributed by atoms with van der Waals surface area (Å²) in [6.07, 6.45) is 3.73. The maximum atomic E-state index is 12.0. The number of amides is 1. The maximum Gasteiger partial charge on any atom is 0.310 e. The topological polar surface area (TPSA) is 70.8 Å². The highest BCUT2D eigenvalue weighted by Crippen LogP contribution is 2.44. The molecule has 0 atom stereocenters. The van der Waals surface area contributed by atoms with Gasteiger partial charge in [-0.2, -0.15) is 0 Å². The zero-order valence-corrected chi connectivity index (χ0v) is 10.4. The van der Waals surface area contributed by atoms with Gasteiger partial charge in [0.25, 0.3) is 0 Å². The summed E-state index contributed by atoms with van der Waals surface area (Å²) < 4.78 is 5.16. The molecule has 5 nitrogen and oxygen atoms in total. The Bertz CT molecular complexity index is 434. The fraction of sp³-hybridized carbons (Fsp3) is 0.538. The fourth-order valence-corrected chi connectivity index (χ4v) is 2.22. The van der Waals surface area contributed by atoms with E-state index in [0.29, 0.717) is 25.1 Å². The number of carbonyl (C=O) groups excluding carboxylic acids is 1. The molecule has 0 aliphatic heterocycles. The van der Waals surface area contributed by atoms with Crippen molar-refractivity contribution >= 4 is 11.9 Å². The fourth-order valence-electron chi connectivity index (χ4n) is 2.22. The summed E-state index contributed by atoms with van der Waals surface area (Å²) in [7, 11) is 1.67. The van der Waals surface area contributed by atoms with E-state index >= 15 is 0 Å². The van der Waals surface area contributed by atoms with Crippen LogP contribution in [0.25, 0.3) is 0 Å². The molecule has 1 aromatic rings. The molecular weight excluding hydrogens is 234 g/mol. The molecule has 98 valence electrons. The molecule has 1 fully saturated rings. The molecule has 0 unspecified atom stereocenters. The highest BCUT2D eigenvalue weighted by molar-refractivity contribution is 5.85. The third-order valence-corrected chi connectivity index (χ3v) is 3.65. The lowest BCUT2D eigenvalue weighted by Gasteiger charge is -2.37. The number of carbonyl (C=O) groups is 2. The number of hydrogen-bond donors (Lipinski definition) is 1. The lowest BCUT2D eigenvalue weighted by Crippen LogP contribution is -2.42. The minimum atomic E-state index is -0.853. The smallest absolute Gasteiger partial charge is 0.310 e. The Morgan fingerprint density at radius 2 is 2.22 bits per heavy atom. The van der Waals surface area contributed by atoms with Crippen molar-refractivity contribution in [2.45, 2.75) is 32.2 Å². The molecular formula is C13H17NO4. The Morgan fingerprint density at radius 3 is 2.67 bits per heavy atom. The second-order valence-electron chi connectivity index (χ2n) is 4.94. The molecule has 0 aromatic carbocycles. The van der Waals surface area contributed by atoms with E-state index in [0.717, 1.165) is 6.42 Å². The summed E-state index contributed by atoms with van der Waals surface area (Å²) >= 11 is 0. The van der Waals surface area contributed by atoms with Crippen LogP contribution in [0.2, 0.25) is 0 Å². The van der Waals surface area contributed by atoms with Gasteiger partial charge in [-0.25, -0.2) is 0 Å². The summed E-state index contributed by atoms with van der Waals surface area (Å²) in [5.74, 6) is -0.300. The summed E-state index contributed by atoms with van der Waals surface area (Å²) in [6.45, 7) is 0.377. The predicted molar refractivity (Wildman–Crippen MR) is 63.7 cm³/mol. The Labute approximate surface area is 105 Å². The first kappa shape index (κ1) is 12.7. The molecule has 0 spiro atoms. The van der Waals surface area contributed by atoms with Crippen molar-refractivity contribution in [1.82, 2.24) is 4.90 Å². The lowest BCUT2D eigenvalue weighted by atomic mass is 9.66. The third-order valence-electron chi connectivity index (χ3n) is 3.65. The highest BCUT2D eigenvalue weighted by Gasteiger charge is 2.46. The van der Waals surface area contributed by atoms with E-state index in [1.54, 1.807) is 25.4 Å². The number of nitrogens with zero attached hydrogens (tertiary/aromatic N) is 1. The van der Waals surface area contributed by atoms with E-state index in [1.807, 2.05) is 0 Å². The van der Waals surface area contributed by atoms with E-state index in [1.165, 1.54) is 4.90 Å². The van der Waals surface area contributed by atoms with E-state index < -0.39 is 11.4 Å². The second kappa shape index (κ2) is 4.84. The van der Waals surface area contributed by atoms with Crippen molar-refractivity contribution in [3.8, 4) is 0 Å². The predicted octanol–water partition coefficient (Wildman–Crippen LogP) is 1.88. The normalized spacial score (nSPS) is 16.9. The van der Waals surface area contributed by atoms with Gasteiger partial charge in [0.1, 0.15) is 5.76 Å². The molecule has 18 heavy (non-hydrogen) atoms. The Morgan fingerprint density at radius 1 is 1.50 bits per heavy atom. The standard InChI is InChI=1S/C13H17NO4/c1-14(9-10-4-2-7-18-10)11(15)8-13(12(16)17)5-3-6-13/h2,4,7H,3,5-6,8-9H2,1H3,(H,16,17). The zero-order chi connectivity index (χ0) is 13.2. The van der Waals surface area contributed by atoms with Crippen LogP contribution in [-0.4, -0.2) is 28.9 Å². The summed E-state index contributed by atoms with van der Waals surface area (Å²) in [5, 5.41) is 9.18. The van der Waals surface area contributed by atoms with Gasteiger partial charge in [0, 0.05) is 13.5 Å². The van der Waals surface area contributed by atoms with Gasteiger partial charge in [-0.05, 0) is 25.0 Å². The van der Waals surface area contributed by atoms with Crippen molar-refractivity contribution in [2.24, 2.45) is 5.41 Å². The number of furan rings is 1. The van der Waals surface area contributed by atoms with Gasteiger partial charge in [0.05, 0.1) is 18.2 Å². The molecule has 0 radical (unpaired) electrons. The largest absolute Gasteiger partial charge is 0.481 e. The van der Waals surface area contributed by atoms with Crippen LogP contribution in [0.15, 0.2) is 22.8 Å². The second-order valence-corrected chi connectivity index (χ2v) is 4.94. The van der Waals surface area contributed by atoms with Crippen LogP contribution in [0.4, 0.5) is 0 Å². The summed E-state index contributed by atoms with van der Waals surface area (Å²) in [5.41, 5.74) is -0.825. The van der Waals surface area contributed by atoms with Crippen LogP contribution in [-0.2, 0) is 16.1 Å². The number of carboxylic acids is 1. The number of carboxylic acid groups (broad SMARTS) is 1. The third kappa shape index (κ3) is 2.39. The van der Waals surface area contributed by atoms with Gasteiger partial charge in [-0.1, -0.05) is 6.42 Å². The van der Waals surface area contributed by atoms with Crippen molar-refractivity contribution in [1.29, 1.82) is 0 Å². The van der Waals surface area contributed by atoms with E-state index in [9.17, 15) is 14.7 Å². The van der Waals surface area contributed by atoms with Crippen LogP contribution < -0.4 is 0 Å². The van der Waals surface area contributed by atoms with Crippen LogP contribution in [0.5, 0.6) is 0 Å². The van der Waals surface area contributed by atoms with E-state index in [2.05, 4.69) is 0 Å². The van der Waals surface area contributed by atoms with Crippen molar-refractivity contribution < 1.29 is 19.1 Å². The van der Waals surface area contributed by atoms with Gasteiger partial charge < -0.3 is 14.4 Å². The monoisotopic (exact) mass is 251 g/mol. The zero-order valence-electron chi connectivity index (χ0n) is 10.4. The van der Waals surface area contributed by atoms with Crippen LogP contribution in [0.3, 0.4) is 0 Å². The molecule has 1 saturated carbocycles. The first-order valence-corrected chi connectivity index (χ1v) is 6.03. The molecule has 0 bridgehead atoms. The minimum absolute atomic E-state index is 0.0829. The number of aliphatic carboxylic acids is 1. The van der Waals surface area contributed by atoms with Crippen molar-refractivity contribution in [3.05, 3.63) is 24.2 Å². The van der Waals surface area contributed by atoms with Gasteiger partial charge >= 0.3 is 5.97 Å². The quantitative estimate of drug-likeness (QED) is 0.867. The first-order chi connectivity index (χ1) is 8.53. The van der Waals surface area contributed by atoms with Crippen molar-refractivity contribution in [3.63, 3.8) is 0 Å². The Hall–Kier alpha value is -1.78. The molecule has 1 amide bonds. The summed E-state index contributed by atoms with van der Waals surface area (Å²) in [4.78, 5) is 24.7. The first-order valence-electron chi connectivity index (χ1n) is 6.03. The number of hydrogen-bond acceptors (Lipinski definition) is 3. The molecule has 1 aromatic heterocycles. The minimum Gasteiger partial charge on any atom is -0.481 e. The average molecular weight is 251 g/mol. The summed E-state index contributed by atoms with van der Waals surface area (Å²) in [6, 6.07) is 3.55. The Kier molecular flexibility index (Phi) is 3.41.